The van der Waals surface area contributed by atoms with Gasteiger partial charge in [0, 0.05) is 16.8 Å². The first-order chi connectivity index (χ1) is 21.5. The summed E-state index contributed by atoms with van der Waals surface area (Å²) in [4.78, 5) is 2.36. The van der Waals surface area contributed by atoms with E-state index in [0.29, 0.717) is 0 Å². The molecule has 7 aromatic carbocycles. The molecule has 0 spiro atoms. The largest absolute Gasteiger partial charge is 0.310 e. The van der Waals surface area contributed by atoms with Gasteiger partial charge < -0.3 is 4.90 Å². The Morgan fingerprint density at radius 3 is 1.34 bits per heavy atom. The molecule has 214 valence electrons. The van der Waals surface area contributed by atoms with Crippen LogP contribution in [0.2, 0.25) is 0 Å². The zero-order valence-corrected chi connectivity index (χ0v) is 25.6. The van der Waals surface area contributed by atoms with Crippen molar-refractivity contribution in [3.8, 4) is 22.3 Å². The fourth-order valence-corrected chi connectivity index (χ4v) is 5.62. The van der Waals surface area contributed by atoms with E-state index >= 15 is 0 Å². The molecule has 0 atom stereocenters. The van der Waals surface area contributed by atoms with Crippen LogP contribution in [0.1, 0.15) is 16.7 Å². The highest BCUT2D eigenvalue weighted by Gasteiger charge is 2.15. The maximum Gasteiger partial charge on any atom is 0.0540 e. The molecule has 0 radical (unpaired) electrons. The first-order valence-corrected chi connectivity index (χ1v) is 15.2. The van der Waals surface area contributed by atoms with E-state index in [1.54, 1.807) is 0 Å². The van der Waals surface area contributed by atoms with Crippen molar-refractivity contribution in [1.29, 1.82) is 0 Å². The summed E-state index contributed by atoms with van der Waals surface area (Å²) in [6.45, 7) is 6.33. The minimum Gasteiger partial charge on any atom is -0.310 e. The number of fused-ring (bicyclic) bond motifs is 1. The normalized spacial score (nSPS) is 10.6. The Balaban J connectivity index is 0.000000374. The van der Waals surface area contributed by atoms with Crippen LogP contribution in [0.25, 0.3) is 33.0 Å². The lowest BCUT2D eigenvalue weighted by atomic mass is 10.0. The molecule has 44 heavy (non-hydrogen) atoms. The molecule has 1 nitrogen and oxygen atoms in total. The molecule has 0 saturated heterocycles. The van der Waals surface area contributed by atoms with E-state index in [0.717, 1.165) is 11.4 Å². The molecule has 0 aromatic heterocycles. The van der Waals surface area contributed by atoms with Gasteiger partial charge in [0.2, 0.25) is 0 Å². The van der Waals surface area contributed by atoms with E-state index in [2.05, 4.69) is 196 Å². The third-order valence-electron chi connectivity index (χ3n) is 7.92. The summed E-state index contributed by atoms with van der Waals surface area (Å²) in [5, 5.41) is 2.46. The molecule has 7 aromatic rings. The molecule has 0 unspecified atom stereocenters. The van der Waals surface area contributed by atoms with Crippen LogP contribution in [0.15, 0.2) is 170 Å². The number of rotatable bonds is 5. The molecule has 0 amide bonds. The summed E-state index contributed by atoms with van der Waals surface area (Å²) in [7, 11) is 0. The van der Waals surface area contributed by atoms with Gasteiger partial charge in [0.05, 0.1) is 5.69 Å². The zero-order chi connectivity index (χ0) is 30.3. The highest BCUT2D eigenvalue weighted by atomic mass is 15.1. The lowest BCUT2D eigenvalue weighted by Gasteiger charge is -2.27. The minimum absolute atomic E-state index is 1.13. The van der Waals surface area contributed by atoms with Crippen molar-refractivity contribution in [3.63, 3.8) is 0 Å². The Labute approximate surface area is 261 Å². The van der Waals surface area contributed by atoms with Crippen molar-refractivity contribution in [3.05, 3.63) is 187 Å². The lowest BCUT2D eigenvalue weighted by Crippen LogP contribution is -2.10. The molecule has 0 aliphatic heterocycles. The van der Waals surface area contributed by atoms with Crippen LogP contribution in [-0.2, 0) is 0 Å². The van der Waals surface area contributed by atoms with Crippen molar-refractivity contribution in [2.24, 2.45) is 0 Å². The van der Waals surface area contributed by atoms with E-state index in [1.165, 1.54) is 55.4 Å². The summed E-state index contributed by atoms with van der Waals surface area (Å²) in [5.41, 5.74) is 12.3. The maximum absolute atomic E-state index is 2.36. The maximum atomic E-state index is 2.36. The van der Waals surface area contributed by atoms with Crippen molar-refractivity contribution in [2.45, 2.75) is 20.8 Å². The van der Waals surface area contributed by atoms with E-state index in [1.807, 2.05) is 0 Å². The van der Waals surface area contributed by atoms with Crippen LogP contribution in [0.3, 0.4) is 0 Å². The van der Waals surface area contributed by atoms with Crippen molar-refractivity contribution in [2.75, 3.05) is 4.90 Å². The van der Waals surface area contributed by atoms with Crippen molar-refractivity contribution < 1.29 is 0 Å². The molecule has 0 fully saturated rings. The average Bonchev–Trinajstić information content (AvgIpc) is 3.07. The molecule has 0 aliphatic rings. The number of anilines is 3. The molecule has 0 aliphatic carbocycles. The predicted octanol–water partition coefficient (Wildman–Crippen LogP) is 12.3. The molecule has 7 rings (SSSR count). The van der Waals surface area contributed by atoms with Crippen LogP contribution in [0, 0.1) is 20.8 Å². The van der Waals surface area contributed by atoms with Crippen LogP contribution in [0.4, 0.5) is 17.1 Å². The quantitative estimate of drug-likeness (QED) is 0.200. The summed E-state index contributed by atoms with van der Waals surface area (Å²) in [6.07, 6.45) is 0. The number of hydrogen-bond donors (Lipinski definition) is 0. The fourth-order valence-electron chi connectivity index (χ4n) is 5.62. The first kappa shape index (κ1) is 28.7. The first-order valence-electron chi connectivity index (χ1n) is 15.2. The summed E-state index contributed by atoms with van der Waals surface area (Å²) in [5.74, 6) is 0. The van der Waals surface area contributed by atoms with E-state index in [4.69, 9.17) is 0 Å². The Morgan fingerprint density at radius 2 is 0.795 bits per heavy atom. The average molecular weight is 568 g/mol. The van der Waals surface area contributed by atoms with Crippen LogP contribution >= 0.6 is 0 Å². The van der Waals surface area contributed by atoms with Crippen molar-refractivity contribution >= 4 is 27.8 Å². The third-order valence-corrected chi connectivity index (χ3v) is 7.92. The summed E-state index contributed by atoms with van der Waals surface area (Å²) >= 11 is 0. The van der Waals surface area contributed by atoms with Gasteiger partial charge in [-0.3, -0.25) is 0 Å². The Kier molecular flexibility index (Phi) is 8.66. The Morgan fingerprint density at radius 1 is 0.341 bits per heavy atom. The Hall–Kier alpha value is -5.40. The van der Waals surface area contributed by atoms with E-state index in [-0.39, 0.29) is 0 Å². The number of nitrogens with zero attached hydrogens (tertiary/aromatic N) is 1. The second-order valence-electron chi connectivity index (χ2n) is 11.3. The monoisotopic (exact) mass is 567 g/mol. The molecule has 0 N–H and O–H groups in total. The van der Waals surface area contributed by atoms with Gasteiger partial charge in [-0.25, -0.2) is 0 Å². The van der Waals surface area contributed by atoms with Crippen LogP contribution < -0.4 is 4.90 Å². The fraction of sp³-hybridized carbons (Fsp3) is 0.0698. The standard InChI is InChI=1S/C35H27N.C8H10/c1-26-14-16-28(17-15-26)30-20-24-33(25-21-30)36(35-13-7-11-31-10-5-6-12-34(31)35)32-22-18-29(19-23-32)27-8-3-2-4-9-27;1-7-4-3-5-8(2)6-7/h2-25H,1H3;3-6H,1-2H3. The zero-order valence-electron chi connectivity index (χ0n) is 25.6. The Bertz CT molecular complexity index is 1930. The molecule has 0 bridgehead atoms. The molecular weight excluding hydrogens is 530 g/mol. The van der Waals surface area contributed by atoms with Gasteiger partial charge in [0.25, 0.3) is 0 Å². The van der Waals surface area contributed by atoms with Crippen molar-refractivity contribution in [1.82, 2.24) is 0 Å². The van der Waals surface area contributed by atoms with Gasteiger partial charge in [-0.05, 0) is 78.7 Å². The number of hydrogen-bond acceptors (Lipinski definition) is 1. The smallest absolute Gasteiger partial charge is 0.0540 e. The highest BCUT2D eigenvalue weighted by molar-refractivity contribution is 5.99. The third kappa shape index (κ3) is 6.64. The highest BCUT2D eigenvalue weighted by Crippen LogP contribution is 2.40. The van der Waals surface area contributed by atoms with Gasteiger partial charge in [-0.2, -0.15) is 0 Å². The predicted molar refractivity (Wildman–Crippen MR) is 190 cm³/mol. The summed E-state index contributed by atoms with van der Waals surface area (Å²) < 4.78 is 0. The molecule has 1 heteroatoms. The SMILES string of the molecule is Cc1ccc(-c2ccc(N(c3ccc(-c4ccccc4)cc3)c3cccc4ccccc34)cc2)cc1.Cc1cccc(C)c1. The number of benzene rings is 7. The van der Waals surface area contributed by atoms with Gasteiger partial charge in [-0.15, -0.1) is 0 Å². The minimum atomic E-state index is 1.13. The second kappa shape index (κ2) is 13.3. The molecule has 0 heterocycles. The topological polar surface area (TPSA) is 3.24 Å². The van der Waals surface area contributed by atoms with E-state index < -0.39 is 0 Å². The molecule has 0 saturated carbocycles. The van der Waals surface area contributed by atoms with Gasteiger partial charge in [-0.1, -0.05) is 156 Å². The van der Waals surface area contributed by atoms with Gasteiger partial charge >= 0.3 is 0 Å². The van der Waals surface area contributed by atoms with Gasteiger partial charge in [0.1, 0.15) is 0 Å². The van der Waals surface area contributed by atoms with Crippen LogP contribution in [0.5, 0.6) is 0 Å². The number of aryl methyl sites for hydroxylation is 3. The van der Waals surface area contributed by atoms with E-state index in [9.17, 15) is 0 Å². The van der Waals surface area contributed by atoms with Crippen LogP contribution in [-0.4, -0.2) is 0 Å². The molecular formula is C43H37N. The summed E-state index contributed by atoms with van der Waals surface area (Å²) in [6, 6.07) is 60.6. The lowest BCUT2D eigenvalue weighted by molar-refractivity contribution is 1.30. The van der Waals surface area contributed by atoms with Gasteiger partial charge in [0.15, 0.2) is 0 Å². The second-order valence-corrected chi connectivity index (χ2v) is 11.3.